The number of likely N-dealkylation sites (N-methyl/N-ethyl adjacent to an activating group) is 1. The van der Waals surface area contributed by atoms with E-state index in [1.165, 1.54) is 0 Å². The Morgan fingerprint density at radius 1 is 1.29 bits per heavy atom. The van der Waals surface area contributed by atoms with Crippen molar-refractivity contribution >= 4 is 17.8 Å². The molecule has 1 saturated heterocycles. The van der Waals surface area contributed by atoms with Crippen molar-refractivity contribution in [2.75, 3.05) is 26.2 Å². The number of amides is 4. The second-order valence-electron chi connectivity index (χ2n) is 7.96. The number of rotatable bonds is 6. The average molecular weight is 338 g/mol. The highest BCUT2D eigenvalue weighted by molar-refractivity contribution is 6.09. The van der Waals surface area contributed by atoms with Gasteiger partial charge in [-0.3, -0.25) is 14.5 Å². The summed E-state index contributed by atoms with van der Waals surface area (Å²) in [4.78, 5) is 38.2. The van der Waals surface area contributed by atoms with E-state index in [1.807, 2.05) is 6.92 Å². The average Bonchev–Trinajstić information content (AvgIpc) is 2.65. The number of imide groups is 1. The molecule has 1 spiro atoms. The Labute approximate surface area is 143 Å². The number of nitrogens with one attached hydrogen (secondary N) is 3. The fraction of sp³-hybridized carbons (Fsp3) is 0.824. The summed E-state index contributed by atoms with van der Waals surface area (Å²) in [5.74, 6) is -0.211. The van der Waals surface area contributed by atoms with Crippen molar-refractivity contribution in [3.8, 4) is 0 Å². The van der Waals surface area contributed by atoms with Crippen molar-refractivity contribution in [2.45, 2.75) is 52.5 Å². The third kappa shape index (κ3) is 4.06. The van der Waals surface area contributed by atoms with Gasteiger partial charge in [-0.15, -0.1) is 0 Å². The zero-order chi connectivity index (χ0) is 18.0. The van der Waals surface area contributed by atoms with Crippen LogP contribution in [0.5, 0.6) is 0 Å². The van der Waals surface area contributed by atoms with Gasteiger partial charge in [-0.25, -0.2) is 4.79 Å². The number of nitrogens with zero attached hydrogens (tertiary/aromatic N) is 1. The van der Waals surface area contributed by atoms with Gasteiger partial charge in [0.25, 0.3) is 5.91 Å². The van der Waals surface area contributed by atoms with E-state index in [4.69, 9.17) is 0 Å². The normalized spacial score (nSPS) is 29.0. The van der Waals surface area contributed by atoms with E-state index < -0.39 is 11.6 Å². The monoisotopic (exact) mass is 338 g/mol. The van der Waals surface area contributed by atoms with Crippen LogP contribution in [0.4, 0.5) is 4.79 Å². The maximum atomic E-state index is 12.9. The van der Waals surface area contributed by atoms with Crippen LogP contribution in [-0.2, 0) is 9.59 Å². The standard InChI is InChI=1S/C17H30N4O3/c1-5-18-6-7-19-13(22)10-21-14(23)17(20-15(21)24)9-12(2)8-16(3,4)11-17/h12,18H,5-11H2,1-4H3,(H,19,22)(H,20,24). The van der Waals surface area contributed by atoms with Crippen LogP contribution in [0.2, 0.25) is 0 Å². The Kier molecular flexibility index (Phi) is 5.52. The van der Waals surface area contributed by atoms with Crippen molar-refractivity contribution in [3.05, 3.63) is 0 Å². The molecule has 1 aliphatic heterocycles. The molecule has 2 unspecified atom stereocenters. The quantitative estimate of drug-likeness (QED) is 0.495. The Hall–Kier alpha value is -1.63. The molecule has 136 valence electrons. The number of urea groups is 1. The lowest BCUT2D eigenvalue weighted by molar-refractivity contribution is -0.137. The molecule has 7 nitrogen and oxygen atoms in total. The fourth-order valence-corrected chi connectivity index (χ4v) is 4.32. The lowest BCUT2D eigenvalue weighted by Crippen LogP contribution is -2.54. The first-order chi connectivity index (χ1) is 11.2. The molecule has 4 amide bonds. The molecule has 2 atom stereocenters. The van der Waals surface area contributed by atoms with E-state index in [-0.39, 0.29) is 23.8 Å². The van der Waals surface area contributed by atoms with E-state index in [9.17, 15) is 14.4 Å². The number of carbonyl (C=O) groups excluding carboxylic acids is 3. The van der Waals surface area contributed by atoms with Crippen molar-refractivity contribution in [3.63, 3.8) is 0 Å². The molecule has 0 radical (unpaired) electrons. The highest BCUT2D eigenvalue weighted by Gasteiger charge is 2.56. The summed E-state index contributed by atoms with van der Waals surface area (Å²) in [5, 5.41) is 8.71. The Balaban J connectivity index is 2.00. The van der Waals surface area contributed by atoms with E-state index in [1.54, 1.807) is 0 Å². The van der Waals surface area contributed by atoms with E-state index in [0.29, 0.717) is 31.8 Å². The topological polar surface area (TPSA) is 90.5 Å². The minimum atomic E-state index is -0.845. The lowest BCUT2D eigenvalue weighted by atomic mass is 9.64. The molecule has 2 fully saturated rings. The predicted molar refractivity (Wildman–Crippen MR) is 91.3 cm³/mol. The molecule has 3 N–H and O–H groups in total. The second-order valence-corrected chi connectivity index (χ2v) is 7.96. The van der Waals surface area contributed by atoms with Gasteiger partial charge < -0.3 is 16.0 Å². The number of hydrogen-bond acceptors (Lipinski definition) is 4. The van der Waals surface area contributed by atoms with Gasteiger partial charge >= 0.3 is 6.03 Å². The van der Waals surface area contributed by atoms with Gasteiger partial charge in [0, 0.05) is 13.1 Å². The van der Waals surface area contributed by atoms with Crippen LogP contribution in [0.3, 0.4) is 0 Å². The van der Waals surface area contributed by atoms with Gasteiger partial charge in [-0.2, -0.15) is 0 Å². The Morgan fingerprint density at radius 2 is 2.00 bits per heavy atom. The van der Waals surface area contributed by atoms with Crippen LogP contribution in [0.15, 0.2) is 0 Å². The van der Waals surface area contributed by atoms with Crippen LogP contribution in [0.1, 0.15) is 47.0 Å². The Morgan fingerprint density at radius 3 is 2.62 bits per heavy atom. The third-order valence-corrected chi connectivity index (χ3v) is 4.80. The lowest BCUT2D eigenvalue weighted by Gasteiger charge is -2.43. The SMILES string of the molecule is CCNCCNC(=O)CN1C(=O)NC2(CC(C)CC(C)(C)C2)C1=O. The van der Waals surface area contributed by atoms with Gasteiger partial charge in [-0.1, -0.05) is 27.7 Å². The molecule has 0 bridgehead atoms. The summed E-state index contributed by atoms with van der Waals surface area (Å²) in [6, 6.07) is -0.452. The van der Waals surface area contributed by atoms with Crippen LogP contribution < -0.4 is 16.0 Å². The smallest absolute Gasteiger partial charge is 0.325 e. The second kappa shape index (κ2) is 7.09. The number of hydrogen-bond donors (Lipinski definition) is 3. The maximum Gasteiger partial charge on any atom is 0.325 e. The highest BCUT2D eigenvalue weighted by atomic mass is 16.2. The first-order valence-electron chi connectivity index (χ1n) is 8.81. The molecule has 24 heavy (non-hydrogen) atoms. The zero-order valence-electron chi connectivity index (χ0n) is 15.2. The molecule has 0 aromatic rings. The largest absolute Gasteiger partial charge is 0.353 e. The van der Waals surface area contributed by atoms with Gasteiger partial charge in [0.1, 0.15) is 12.1 Å². The minimum Gasteiger partial charge on any atom is -0.353 e. The van der Waals surface area contributed by atoms with E-state index >= 15 is 0 Å². The van der Waals surface area contributed by atoms with Crippen molar-refractivity contribution in [2.24, 2.45) is 11.3 Å². The van der Waals surface area contributed by atoms with Crippen LogP contribution >= 0.6 is 0 Å². The molecule has 7 heteroatoms. The predicted octanol–water partition coefficient (Wildman–Crippen LogP) is 0.849. The first-order valence-corrected chi connectivity index (χ1v) is 8.81. The minimum absolute atomic E-state index is 0.00923. The van der Waals surface area contributed by atoms with Crippen LogP contribution in [-0.4, -0.2) is 54.5 Å². The molecule has 0 aromatic carbocycles. The van der Waals surface area contributed by atoms with Gasteiger partial charge in [0.2, 0.25) is 5.91 Å². The van der Waals surface area contributed by atoms with Gasteiger partial charge in [0.05, 0.1) is 0 Å². The summed E-state index contributed by atoms with van der Waals surface area (Å²) in [7, 11) is 0. The molecule has 2 aliphatic rings. The van der Waals surface area contributed by atoms with Crippen molar-refractivity contribution < 1.29 is 14.4 Å². The van der Waals surface area contributed by atoms with E-state index in [2.05, 4.69) is 36.7 Å². The summed E-state index contributed by atoms with van der Waals surface area (Å²) >= 11 is 0. The third-order valence-electron chi connectivity index (χ3n) is 4.80. The van der Waals surface area contributed by atoms with Crippen LogP contribution in [0, 0.1) is 11.3 Å². The van der Waals surface area contributed by atoms with Crippen molar-refractivity contribution in [1.29, 1.82) is 0 Å². The molecule has 0 aromatic heterocycles. The van der Waals surface area contributed by atoms with Crippen LogP contribution in [0.25, 0.3) is 0 Å². The molecule has 1 heterocycles. The van der Waals surface area contributed by atoms with Gasteiger partial charge in [0.15, 0.2) is 0 Å². The molecule has 2 rings (SSSR count). The molecule has 1 aliphatic carbocycles. The van der Waals surface area contributed by atoms with Crippen molar-refractivity contribution in [1.82, 2.24) is 20.9 Å². The summed E-state index contributed by atoms with van der Waals surface area (Å²) in [6.45, 7) is 10.1. The Bertz CT molecular complexity index is 520. The summed E-state index contributed by atoms with van der Waals surface area (Å²) in [5.41, 5.74) is -0.854. The molecular formula is C17H30N4O3. The summed E-state index contributed by atoms with van der Waals surface area (Å²) in [6.07, 6.45) is 2.29. The fourth-order valence-electron chi connectivity index (χ4n) is 4.32. The zero-order valence-corrected chi connectivity index (χ0v) is 15.2. The molecule has 1 saturated carbocycles. The molecular weight excluding hydrogens is 308 g/mol. The first kappa shape index (κ1) is 18.7. The maximum absolute atomic E-state index is 12.9. The van der Waals surface area contributed by atoms with E-state index in [0.717, 1.165) is 17.9 Å². The highest BCUT2D eigenvalue weighted by Crippen LogP contribution is 2.46. The van der Waals surface area contributed by atoms with Gasteiger partial charge in [-0.05, 0) is 37.1 Å². The summed E-state index contributed by atoms with van der Waals surface area (Å²) < 4.78 is 0. The number of carbonyl (C=O) groups is 3.